The first kappa shape index (κ1) is 19.1. The monoisotopic (exact) mass is 331 g/mol. The van der Waals surface area contributed by atoms with Crippen LogP contribution in [0.25, 0.3) is 0 Å². The predicted molar refractivity (Wildman–Crippen MR) is 78.9 cm³/mol. The maximum atomic E-state index is 12.7. The van der Waals surface area contributed by atoms with Crippen LogP contribution < -0.4 is 0 Å². The van der Waals surface area contributed by atoms with E-state index in [4.69, 9.17) is 0 Å². The molecule has 128 valence electrons. The van der Waals surface area contributed by atoms with E-state index in [1.54, 1.807) is 0 Å². The van der Waals surface area contributed by atoms with Crippen LogP contribution in [0.3, 0.4) is 0 Å². The van der Waals surface area contributed by atoms with Gasteiger partial charge < -0.3 is 9.80 Å². The number of unbranched alkanes of at least 4 members (excludes halogenated alkanes) is 1. The highest BCUT2D eigenvalue weighted by Crippen LogP contribution is 2.20. The van der Waals surface area contributed by atoms with E-state index in [-0.39, 0.29) is 18.8 Å². The van der Waals surface area contributed by atoms with E-state index in [1.807, 2.05) is 19.0 Å². The summed E-state index contributed by atoms with van der Waals surface area (Å²) in [6, 6.07) is 2.83. The maximum absolute atomic E-state index is 12.7. The fraction of sp³-hybridized carbons (Fsp3) is 0.533. The van der Waals surface area contributed by atoms with Gasteiger partial charge in [0.15, 0.2) is 0 Å². The van der Waals surface area contributed by atoms with Gasteiger partial charge in [-0.25, -0.2) is 0 Å². The average Bonchev–Trinajstić information content (AvgIpc) is 2.48. The Morgan fingerprint density at radius 3 is 2.48 bits per heavy atom. The molecule has 1 aromatic rings. The molecule has 0 saturated heterocycles. The highest BCUT2D eigenvalue weighted by atomic mass is 19.4. The van der Waals surface area contributed by atoms with Crippen molar-refractivity contribution in [2.45, 2.75) is 25.6 Å². The Balaban J connectivity index is 2.77. The predicted octanol–water partition coefficient (Wildman–Crippen LogP) is 2.13. The summed E-state index contributed by atoms with van der Waals surface area (Å²) >= 11 is 0. The molecule has 1 heterocycles. The van der Waals surface area contributed by atoms with Gasteiger partial charge in [-0.05, 0) is 45.6 Å². The van der Waals surface area contributed by atoms with Gasteiger partial charge >= 0.3 is 12.1 Å². The lowest BCUT2D eigenvalue weighted by atomic mass is 10.2. The van der Waals surface area contributed by atoms with Crippen molar-refractivity contribution >= 4 is 12.2 Å². The Morgan fingerprint density at radius 2 is 1.91 bits per heavy atom. The molecule has 1 amide bonds. The largest absolute Gasteiger partial charge is 0.471 e. The van der Waals surface area contributed by atoms with E-state index in [9.17, 15) is 22.8 Å². The van der Waals surface area contributed by atoms with Gasteiger partial charge in [0, 0.05) is 18.3 Å². The molecule has 0 aliphatic heterocycles. The lowest BCUT2D eigenvalue weighted by Gasteiger charge is -2.23. The van der Waals surface area contributed by atoms with Crippen LogP contribution in [-0.4, -0.2) is 60.3 Å². The summed E-state index contributed by atoms with van der Waals surface area (Å²) in [6.45, 7) is 0.439. The SMILES string of the molecule is CN(C)CCCCN(Cc1cc(C=O)ccn1)C(=O)C(F)(F)F. The summed E-state index contributed by atoms with van der Waals surface area (Å²) in [5.41, 5.74) is 0.557. The van der Waals surface area contributed by atoms with Crippen molar-refractivity contribution in [2.24, 2.45) is 0 Å². The van der Waals surface area contributed by atoms with Gasteiger partial charge in [0.25, 0.3) is 0 Å². The number of hydrogen-bond donors (Lipinski definition) is 0. The number of hydrogen-bond acceptors (Lipinski definition) is 4. The first-order chi connectivity index (χ1) is 10.7. The van der Waals surface area contributed by atoms with Crippen LogP contribution >= 0.6 is 0 Å². The first-order valence-corrected chi connectivity index (χ1v) is 7.15. The summed E-state index contributed by atoms with van der Waals surface area (Å²) in [4.78, 5) is 28.8. The van der Waals surface area contributed by atoms with Crippen LogP contribution in [0.15, 0.2) is 18.3 Å². The van der Waals surface area contributed by atoms with Crippen molar-refractivity contribution in [1.82, 2.24) is 14.8 Å². The number of halogens is 3. The molecule has 0 aliphatic carbocycles. The fourth-order valence-electron chi connectivity index (χ4n) is 2.01. The summed E-state index contributed by atoms with van der Waals surface area (Å²) in [6.07, 6.45) is -1.88. The third-order valence-corrected chi connectivity index (χ3v) is 3.14. The van der Waals surface area contributed by atoms with Gasteiger partial charge in [0.2, 0.25) is 0 Å². The van der Waals surface area contributed by atoms with Gasteiger partial charge in [-0.3, -0.25) is 14.6 Å². The van der Waals surface area contributed by atoms with Crippen molar-refractivity contribution in [3.8, 4) is 0 Å². The quantitative estimate of drug-likeness (QED) is 0.541. The molecule has 8 heteroatoms. The maximum Gasteiger partial charge on any atom is 0.471 e. The molecule has 0 atom stereocenters. The van der Waals surface area contributed by atoms with Gasteiger partial charge in [-0.15, -0.1) is 0 Å². The molecule has 0 N–H and O–H groups in total. The molecule has 0 fully saturated rings. The van der Waals surface area contributed by atoms with Crippen LogP contribution in [-0.2, 0) is 11.3 Å². The summed E-state index contributed by atoms with van der Waals surface area (Å²) in [5.74, 6) is -1.89. The molecule has 0 aliphatic rings. The zero-order chi connectivity index (χ0) is 17.5. The van der Waals surface area contributed by atoms with Crippen molar-refractivity contribution in [2.75, 3.05) is 27.2 Å². The molecular weight excluding hydrogens is 311 g/mol. The lowest BCUT2D eigenvalue weighted by molar-refractivity contribution is -0.186. The third kappa shape index (κ3) is 6.77. The molecule has 0 bridgehead atoms. The molecule has 23 heavy (non-hydrogen) atoms. The number of carbonyl (C=O) groups is 2. The fourth-order valence-corrected chi connectivity index (χ4v) is 2.01. The van der Waals surface area contributed by atoms with E-state index in [1.165, 1.54) is 18.3 Å². The zero-order valence-electron chi connectivity index (χ0n) is 13.1. The van der Waals surface area contributed by atoms with Crippen LogP contribution in [0.4, 0.5) is 13.2 Å². The van der Waals surface area contributed by atoms with Gasteiger partial charge in [0.1, 0.15) is 6.29 Å². The minimum absolute atomic E-state index is 0.0147. The highest BCUT2D eigenvalue weighted by Gasteiger charge is 2.42. The molecular formula is C15H20F3N3O2. The van der Waals surface area contributed by atoms with Gasteiger partial charge in [-0.1, -0.05) is 0 Å². The minimum atomic E-state index is -4.93. The van der Waals surface area contributed by atoms with Gasteiger partial charge in [-0.2, -0.15) is 13.2 Å². The number of pyridine rings is 1. The number of rotatable bonds is 8. The van der Waals surface area contributed by atoms with Crippen LogP contribution in [0.1, 0.15) is 28.9 Å². The number of aldehydes is 1. The lowest BCUT2D eigenvalue weighted by Crippen LogP contribution is -2.41. The van der Waals surface area contributed by atoms with E-state index in [0.29, 0.717) is 24.7 Å². The van der Waals surface area contributed by atoms with Crippen LogP contribution in [0.2, 0.25) is 0 Å². The Bertz CT molecular complexity index is 533. The standard InChI is InChI=1S/C15H20F3N3O2/c1-20(2)7-3-4-8-21(14(23)15(16,17)18)10-13-9-12(11-22)5-6-19-13/h5-6,9,11H,3-4,7-8,10H2,1-2H3. The van der Waals surface area contributed by atoms with E-state index < -0.39 is 12.1 Å². The van der Waals surface area contributed by atoms with Gasteiger partial charge in [0.05, 0.1) is 12.2 Å². The second-order valence-electron chi connectivity index (χ2n) is 5.43. The molecule has 0 spiro atoms. The smallest absolute Gasteiger partial charge is 0.329 e. The number of amides is 1. The van der Waals surface area contributed by atoms with E-state index in [0.717, 1.165) is 11.4 Å². The Morgan fingerprint density at radius 1 is 1.26 bits per heavy atom. The third-order valence-electron chi connectivity index (χ3n) is 3.14. The summed E-state index contributed by atoms with van der Waals surface area (Å²) in [5, 5.41) is 0. The minimum Gasteiger partial charge on any atom is -0.329 e. The Kier molecular flexibility index (Phi) is 7.15. The number of alkyl halides is 3. The second kappa shape index (κ2) is 8.61. The zero-order valence-corrected chi connectivity index (χ0v) is 13.1. The molecule has 0 radical (unpaired) electrons. The Hall–Kier alpha value is -1.96. The topological polar surface area (TPSA) is 53.5 Å². The number of carbonyl (C=O) groups excluding carboxylic acids is 2. The van der Waals surface area contributed by atoms with Crippen molar-refractivity contribution in [1.29, 1.82) is 0 Å². The highest BCUT2D eigenvalue weighted by molar-refractivity contribution is 5.82. The van der Waals surface area contributed by atoms with Crippen LogP contribution in [0, 0.1) is 0 Å². The average molecular weight is 331 g/mol. The normalized spacial score (nSPS) is 11.6. The Labute approximate surface area is 133 Å². The number of nitrogens with zero attached hydrogens (tertiary/aromatic N) is 3. The molecule has 1 rings (SSSR count). The summed E-state index contributed by atoms with van der Waals surface area (Å²) in [7, 11) is 3.74. The number of aromatic nitrogens is 1. The molecule has 0 saturated carbocycles. The van der Waals surface area contributed by atoms with Crippen molar-refractivity contribution < 1.29 is 22.8 Å². The van der Waals surface area contributed by atoms with Crippen molar-refractivity contribution in [3.63, 3.8) is 0 Å². The molecule has 1 aromatic heterocycles. The molecule has 0 aromatic carbocycles. The van der Waals surface area contributed by atoms with E-state index in [2.05, 4.69) is 4.98 Å². The first-order valence-electron chi connectivity index (χ1n) is 7.15. The van der Waals surface area contributed by atoms with Crippen LogP contribution in [0.5, 0.6) is 0 Å². The van der Waals surface area contributed by atoms with Crippen molar-refractivity contribution in [3.05, 3.63) is 29.6 Å². The molecule has 5 nitrogen and oxygen atoms in total. The van der Waals surface area contributed by atoms with E-state index >= 15 is 0 Å². The summed E-state index contributed by atoms with van der Waals surface area (Å²) < 4.78 is 38.1. The second-order valence-corrected chi connectivity index (χ2v) is 5.43. The molecule has 0 unspecified atom stereocenters.